The SMILES string of the molecule is CCNC1CCCCC1CN1CC(C)N(C)C(C)C1. The van der Waals surface area contributed by atoms with Gasteiger partial charge in [0.1, 0.15) is 0 Å². The third-order valence-corrected chi connectivity index (χ3v) is 5.30. The molecule has 4 unspecified atom stereocenters. The Hall–Kier alpha value is -0.120. The maximum absolute atomic E-state index is 3.72. The van der Waals surface area contributed by atoms with Crippen LogP contribution in [0.3, 0.4) is 0 Å². The van der Waals surface area contributed by atoms with Crippen molar-refractivity contribution >= 4 is 0 Å². The molecule has 3 nitrogen and oxygen atoms in total. The Bertz CT molecular complexity index is 255. The average molecular weight is 267 g/mol. The zero-order valence-electron chi connectivity index (χ0n) is 13.4. The van der Waals surface area contributed by atoms with E-state index in [4.69, 9.17) is 0 Å². The maximum atomic E-state index is 3.72. The van der Waals surface area contributed by atoms with Gasteiger partial charge in [-0.25, -0.2) is 0 Å². The van der Waals surface area contributed by atoms with E-state index in [1.165, 1.54) is 45.3 Å². The van der Waals surface area contributed by atoms with Crippen LogP contribution in [-0.2, 0) is 0 Å². The largest absolute Gasteiger partial charge is 0.314 e. The second kappa shape index (κ2) is 7.05. The molecule has 4 atom stereocenters. The van der Waals surface area contributed by atoms with E-state index < -0.39 is 0 Å². The van der Waals surface area contributed by atoms with E-state index >= 15 is 0 Å². The van der Waals surface area contributed by atoms with Crippen molar-refractivity contribution in [1.82, 2.24) is 15.1 Å². The molecule has 1 N–H and O–H groups in total. The number of rotatable bonds is 4. The number of hydrogen-bond donors (Lipinski definition) is 1. The zero-order chi connectivity index (χ0) is 13.8. The molecule has 0 radical (unpaired) electrons. The molecule has 1 saturated carbocycles. The highest BCUT2D eigenvalue weighted by atomic mass is 15.3. The van der Waals surface area contributed by atoms with Gasteiger partial charge in [0.05, 0.1) is 0 Å². The van der Waals surface area contributed by atoms with Crippen LogP contribution in [0.5, 0.6) is 0 Å². The zero-order valence-corrected chi connectivity index (χ0v) is 13.4. The summed E-state index contributed by atoms with van der Waals surface area (Å²) in [6.07, 6.45) is 5.67. The van der Waals surface area contributed by atoms with Crippen LogP contribution in [0.2, 0.25) is 0 Å². The first kappa shape index (κ1) is 15.3. The van der Waals surface area contributed by atoms with Gasteiger partial charge in [0, 0.05) is 37.8 Å². The van der Waals surface area contributed by atoms with Crippen LogP contribution in [0.15, 0.2) is 0 Å². The third kappa shape index (κ3) is 3.93. The molecule has 2 aliphatic rings. The summed E-state index contributed by atoms with van der Waals surface area (Å²) in [5, 5.41) is 3.72. The molecule has 0 aromatic rings. The molecule has 19 heavy (non-hydrogen) atoms. The summed E-state index contributed by atoms with van der Waals surface area (Å²) in [5.74, 6) is 0.872. The topological polar surface area (TPSA) is 18.5 Å². The quantitative estimate of drug-likeness (QED) is 0.842. The van der Waals surface area contributed by atoms with Crippen molar-refractivity contribution in [2.24, 2.45) is 5.92 Å². The van der Waals surface area contributed by atoms with E-state index in [0.29, 0.717) is 12.1 Å². The summed E-state index contributed by atoms with van der Waals surface area (Å²) >= 11 is 0. The van der Waals surface area contributed by atoms with E-state index in [-0.39, 0.29) is 0 Å². The molecule has 2 rings (SSSR count). The Morgan fingerprint density at radius 2 is 1.68 bits per heavy atom. The van der Waals surface area contributed by atoms with Crippen molar-refractivity contribution in [2.75, 3.05) is 33.2 Å². The van der Waals surface area contributed by atoms with E-state index in [0.717, 1.165) is 18.5 Å². The fraction of sp³-hybridized carbons (Fsp3) is 1.00. The Kier molecular flexibility index (Phi) is 5.67. The van der Waals surface area contributed by atoms with E-state index in [2.05, 4.69) is 42.9 Å². The second-order valence-electron chi connectivity index (χ2n) is 6.79. The molecular weight excluding hydrogens is 234 g/mol. The lowest BCUT2D eigenvalue weighted by molar-refractivity contribution is 0.0420. The first-order chi connectivity index (χ1) is 9.11. The summed E-state index contributed by atoms with van der Waals surface area (Å²) in [4.78, 5) is 5.24. The molecule has 0 bridgehead atoms. The molecule has 1 aliphatic carbocycles. The van der Waals surface area contributed by atoms with Crippen molar-refractivity contribution in [2.45, 2.75) is 64.6 Å². The number of piperazine rings is 1. The van der Waals surface area contributed by atoms with Gasteiger partial charge in [0.2, 0.25) is 0 Å². The van der Waals surface area contributed by atoms with E-state index in [1.807, 2.05) is 0 Å². The first-order valence-corrected chi connectivity index (χ1v) is 8.29. The summed E-state index contributed by atoms with van der Waals surface area (Å²) in [6, 6.07) is 2.17. The predicted octanol–water partition coefficient (Wildman–Crippen LogP) is 2.18. The average Bonchev–Trinajstić information content (AvgIpc) is 2.38. The van der Waals surface area contributed by atoms with Crippen molar-refractivity contribution in [3.8, 4) is 0 Å². The van der Waals surface area contributed by atoms with Crippen molar-refractivity contribution in [3.63, 3.8) is 0 Å². The highest BCUT2D eigenvalue weighted by molar-refractivity contribution is 4.88. The van der Waals surface area contributed by atoms with Crippen LogP contribution < -0.4 is 5.32 Å². The van der Waals surface area contributed by atoms with Crippen molar-refractivity contribution < 1.29 is 0 Å². The number of nitrogens with zero attached hydrogens (tertiary/aromatic N) is 2. The van der Waals surface area contributed by atoms with Gasteiger partial charge in [0.15, 0.2) is 0 Å². The molecule has 0 aromatic carbocycles. The predicted molar refractivity (Wildman–Crippen MR) is 82.5 cm³/mol. The maximum Gasteiger partial charge on any atom is 0.0195 e. The third-order valence-electron chi connectivity index (χ3n) is 5.30. The van der Waals surface area contributed by atoms with Gasteiger partial charge in [-0.15, -0.1) is 0 Å². The Morgan fingerprint density at radius 1 is 1.05 bits per heavy atom. The molecule has 0 amide bonds. The van der Waals surface area contributed by atoms with Crippen molar-refractivity contribution in [3.05, 3.63) is 0 Å². The summed E-state index contributed by atoms with van der Waals surface area (Å²) in [5.41, 5.74) is 0. The van der Waals surface area contributed by atoms with Crippen LogP contribution in [0, 0.1) is 5.92 Å². The molecule has 1 heterocycles. The number of hydrogen-bond acceptors (Lipinski definition) is 3. The Labute approximate surface area is 119 Å². The van der Waals surface area contributed by atoms with Gasteiger partial charge >= 0.3 is 0 Å². The molecule has 0 spiro atoms. The lowest BCUT2D eigenvalue weighted by atomic mass is 9.83. The molecule has 3 heteroatoms. The minimum atomic E-state index is 0.699. The number of nitrogens with one attached hydrogen (secondary N) is 1. The molecule has 112 valence electrons. The van der Waals surface area contributed by atoms with Gasteiger partial charge in [-0.1, -0.05) is 19.8 Å². The van der Waals surface area contributed by atoms with E-state index in [1.54, 1.807) is 0 Å². The molecule has 0 aromatic heterocycles. The molecule has 2 fully saturated rings. The van der Waals surface area contributed by atoms with Crippen LogP contribution in [-0.4, -0.2) is 61.2 Å². The van der Waals surface area contributed by atoms with Crippen molar-refractivity contribution in [1.29, 1.82) is 0 Å². The minimum absolute atomic E-state index is 0.699. The summed E-state index contributed by atoms with van der Waals surface area (Å²) in [6.45, 7) is 11.9. The normalized spacial score (nSPS) is 38.5. The molecule has 1 aliphatic heterocycles. The van der Waals surface area contributed by atoms with Crippen LogP contribution in [0.1, 0.15) is 46.5 Å². The van der Waals surface area contributed by atoms with Gasteiger partial charge < -0.3 is 5.32 Å². The van der Waals surface area contributed by atoms with Gasteiger partial charge in [0.25, 0.3) is 0 Å². The van der Waals surface area contributed by atoms with Gasteiger partial charge in [-0.05, 0) is 46.2 Å². The lowest BCUT2D eigenvalue weighted by Crippen LogP contribution is -2.57. The van der Waals surface area contributed by atoms with Crippen LogP contribution in [0.4, 0.5) is 0 Å². The highest BCUT2D eigenvalue weighted by Crippen LogP contribution is 2.26. The molecule has 1 saturated heterocycles. The standard InChI is InChI=1S/C16H33N3/c1-5-17-16-9-7-6-8-15(16)12-19-10-13(2)18(4)14(3)11-19/h13-17H,5-12H2,1-4H3. The summed E-state index contributed by atoms with van der Waals surface area (Å²) < 4.78 is 0. The number of likely N-dealkylation sites (N-methyl/N-ethyl adjacent to an activating group) is 1. The monoisotopic (exact) mass is 267 g/mol. The van der Waals surface area contributed by atoms with Gasteiger partial charge in [-0.2, -0.15) is 0 Å². The Morgan fingerprint density at radius 3 is 2.32 bits per heavy atom. The fourth-order valence-electron chi connectivity index (χ4n) is 3.95. The highest BCUT2D eigenvalue weighted by Gasteiger charge is 2.31. The Balaban J connectivity index is 1.88. The van der Waals surface area contributed by atoms with Gasteiger partial charge in [-0.3, -0.25) is 9.80 Å². The fourth-order valence-corrected chi connectivity index (χ4v) is 3.95. The smallest absolute Gasteiger partial charge is 0.0195 e. The first-order valence-electron chi connectivity index (χ1n) is 8.29. The second-order valence-corrected chi connectivity index (χ2v) is 6.79. The lowest BCUT2D eigenvalue weighted by Gasteiger charge is -2.45. The van der Waals surface area contributed by atoms with E-state index in [9.17, 15) is 0 Å². The molecular formula is C16H33N3. The van der Waals surface area contributed by atoms with Crippen LogP contribution in [0.25, 0.3) is 0 Å². The minimum Gasteiger partial charge on any atom is -0.314 e. The van der Waals surface area contributed by atoms with Crippen LogP contribution >= 0.6 is 0 Å². The summed E-state index contributed by atoms with van der Waals surface area (Å²) in [7, 11) is 2.27.